The average molecular weight is 333 g/mol. The van der Waals surface area contributed by atoms with Crippen LogP contribution in [0.2, 0.25) is 0 Å². The Morgan fingerprint density at radius 2 is 2.04 bits per heavy atom. The van der Waals surface area contributed by atoms with Gasteiger partial charge in [0.25, 0.3) is 0 Å². The van der Waals surface area contributed by atoms with Crippen LogP contribution in [0.5, 0.6) is 0 Å². The van der Waals surface area contributed by atoms with Gasteiger partial charge < -0.3 is 0 Å². The smallest absolute Gasteiger partial charge is 0.155 e. The molecule has 1 N–H and O–H groups in total. The Morgan fingerprint density at radius 3 is 2.88 bits per heavy atom. The molecule has 4 heterocycles. The van der Waals surface area contributed by atoms with E-state index in [1.165, 1.54) is 17.8 Å². The monoisotopic (exact) mass is 333 g/mol. The van der Waals surface area contributed by atoms with Crippen LogP contribution in [-0.4, -0.2) is 25.0 Å². The van der Waals surface area contributed by atoms with Crippen LogP contribution < -0.4 is 0 Å². The number of hydrogen-bond donors (Lipinski definition) is 1. The maximum atomic E-state index is 13.4. The van der Waals surface area contributed by atoms with Gasteiger partial charge in [0.1, 0.15) is 11.5 Å². The number of nitrogens with zero attached hydrogens (tertiary/aromatic N) is 4. The Balaban J connectivity index is 1.83. The minimum atomic E-state index is -0.242. The molecular weight excluding hydrogens is 317 g/mol. The Bertz CT molecular complexity index is 1090. The van der Waals surface area contributed by atoms with E-state index in [1.807, 2.05) is 13.1 Å². The van der Waals surface area contributed by atoms with Gasteiger partial charge in [0.05, 0.1) is 6.20 Å². The molecule has 0 fully saturated rings. The summed E-state index contributed by atoms with van der Waals surface area (Å²) in [5.74, 6) is -0.242. The number of aromatic amines is 1. The average Bonchev–Trinajstić information content (AvgIpc) is 3.29. The highest BCUT2D eigenvalue weighted by atomic mass is 19.1. The first-order chi connectivity index (χ1) is 12.2. The molecule has 0 bridgehead atoms. The van der Waals surface area contributed by atoms with Gasteiger partial charge in [-0.1, -0.05) is 0 Å². The van der Waals surface area contributed by atoms with Crippen molar-refractivity contribution < 1.29 is 4.39 Å². The number of fused-ring (bicyclic) bond motifs is 2. The van der Waals surface area contributed by atoms with Crippen LogP contribution in [0, 0.1) is 12.7 Å². The molecule has 0 saturated heterocycles. The summed E-state index contributed by atoms with van der Waals surface area (Å²) in [5, 5.41) is 12.9. The van der Waals surface area contributed by atoms with Crippen molar-refractivity contribution >= 4 is 11.0 Å². The van der Waals surface area contributed by atoms with Crippen molar-refractivity contribution in [3.8, 4) is 22.4 Å². The molecule has 1 aliphatic rings. The van der Waals surface area contributed by atoms with Crippen LogP contribution in [0.4, 0.5) is 4.39 Å². The fourth-order valence-corrected chi connectivity index (χ4v) is 3.69. The van der Waals surface area contributed by atoms with E-state index in [4.69, 9.17) is 5.10 Å². The van der Waals surface area contributed by atoms with Crippen LogP contribution in [0.15, 0.2) is 36.5 Å². The van der Waals surface area contributed by atoms with Crippen LogP contribution in [0.1, 0.15) is 17.8 Å². The Labute approximate surface area is 143 Å². The molecule has 0 aliphatic carbocycles. The van der Waals surface area contributed by atoms with Gasteiger partial charge in [-0.2, -0.15) is 10.2 Å². The quantitative estimate of drug-likeness (QED) is 0.605. The van der Waals surface area contributed by atoms with E-state index in [-0.39, 0.29) is 5.82 Å². The van der Waals surface area contributed by atoms with Gasteiger partial charge in [0.15, 0.2) is 5.65 Å². The van der Waals surface area contributed by atoms with E-state index in [9.17, 15) is 4.39 Å². The first-order valence-corrected chi connectivity index (χ1v) is 8.37. The summed E-state index contributed by atoms with van der Waals surface area (Å²) in [5.41, 5.74) is 6.94. The molecule has 4 aromatic rings. The van der Waals surface area contributed by atoms with Crippen molar-refractivity contribution in [2.75, 3.05) is 0 Å². The lowest BCUT2D eigenvalue weighted by Crippen LogP contribution is -1.94. The lowest BCUT2D eigenvalue weighted by atomic mass is 9.96. The largest absolute Gasteiger partial charge is 0.268 e. The summed E-state index contributed by atoms with van der Waals surface area (Å²) >= 11 is 0. The summed E-state index contributed by atoms with van der Waals surface area (Å²) in [6.07, 6.45) is 3.90. The van der Waals surface area contributed by atoms with E-state index in [2.05, 4.69) is 25.9 Å². The van der Waals surface area contributed by atoms with Crippen LogP contribution in [-0.2, 0) is 13.0 Å². The highest BCUT2D eigenvalue weighted by Gasteiger charge is 2.25. The van der Waals surface area contributed by atoms with Gasteiger partial charge in [-0.3, -0.25) is 9.78 Å². The Hall–Kier alpha value is -3.02. The standard InChI is InChI=1S/C19H16FN5/c1-11-9-14(15-10-21-23-19(15)22-11)17-16-3-2-8-25(16)24-18(17)12-4-6-13(20)7-5-12/h4-7,9-10H,2-3,8H2,1H3,(H,21,22,23). The molecule has 0 unspecified atom stereocenters. The number of nitrogens with one attached hydrogen (secondary N) is 1. The number of benzene rings is 1. The number of halogens is 1. The first kappa shape index (κ1) is 14.3. The molecule has 0 radical (unpaired) electrons. The molecule has 6 heteroatoms. The molecule has 0 atom stereocenters. The number of pyridine rings is 1. The third-order valence-corrected chi connectivity index (χ3v) is 4.78. The maximum Gasteiger partial charge on any atom is 0.155 e. The van der Waals surface area contributed by atoms with Crippen molar-refractivity contribution in [1.29, 1.82) is 0 Å². The van der Waals surface area contributed by atoms with Gasteiger partial charge >= 0.3 is 0 Å². The van der Waals surface area contributed by atoms with Gasteiger partial charge in [-0.15, -0.1) is 0 Å². The molecule has 3 aromatic heterocycles. The molecule has 0 saturated carbocycles. The zero-order valence-corrected chi connectivity index (χ0v) is 13.8. The molecule has 25 heavy (non-hydrogen) atoms. The second-order valence-electron chi connectivity index (χ2n) is 6.45. The molecule has 5 rings (SSSR count). The zero-order chi connectivity index (χ0) is 17.0. The molecule has 0 amide bonds. The molecule has 1 aliphatic heterocycles. The summed E-state index contributed by atoms with van der Waals surface area (Å²) < 4.78 is 15.4. The van der Waals surface area contributed by atoms with Crippen molar-refractivity contribution in [3.05, 3.63) is 53.7 Å². The highest BCUT2D eigenvalue weighted by Crippen LogP contribution is 2.40. The minimum Gasteiger partial charge on any atom is -0.268 e. The lowest BCUT2D eigenvalue weighted by Gasteiger charge is -2.08. The third kappa shape index (κ3) is 2.17. The maximum absolute atomic E-state index is 13.4. The first-order valence-electron chi connectivity index (χ1n) is 8.37. The van der Waals surface area contributed by atoms with Gasteiger partial charge in [-0.05, 0) is 50.1 Å². The summed E-state index contributed by atoms with van der Waals surface area (Å²) in [6.45, 7) is 2.90. The van der Waals surface area contributed by atoms with Crippen LogP contribution >= 0.6 is 0 Å². The molecule has 5 nitrogen and oxygen atoms in total. The second-order valence-corrected chi connectivity index (χ2v) is 6.45. The normalized spacial score (nSPS) is 13.5. The predicted octanol–water partition coefficient (Wildman–Crippen LogP) is 3.88. The third-order valence-electron chi connectivity index (χ3n) is 4.78. The number of aryl methyl sites for hydroxylation is 2. The van der Waals surface area contributed by atoms with Gasteiger partial charge in [-0.25, -0.2) is 9.37 Å². The van der Waals surface area contributed by atoms with Crippen molar-refractivity contribution in [2.24, 2.45) is 0 Å². The molecular formula is C19H16FN5. The van der Waals surface area contributed by atoms with Gasteiger partial charge in [0.2, 0.25) is 0 Å². The summed E-state index contributed by atoms with van der Waals surface area (Å²) in [7, 11) is 0. The number of H-pyrrole nitrogens is 1. The van der Waals surface area contributed by atoms with E-state index in [0.717, 1.165) is 58.5 Å². The minimum absolute atomic E-state index is 0.242. The number of aromatic nitrogens is 5. The summed E-state index contributed by atoms with van der Waals surface area (Å²) in [6, 6.07) is 8.62. The van der Waals surface area contributed by atoms with Crippen molar-refractivity contribution in [1.82, 2.24) is 25.0 Å². The Morgan fingerprint density at radius 1 is 1.20 bits per heavy atom. The lowest BCUT2D eigenvalue weighted by molar-refractivity contribution is 0.628. The zero-order valence-electron chi connectivity index (χ0n) is 13.8. The van der Waals surface area contributed by atoms with Crippen LogP contribution in [0.3, 0.4) is 0 Å². The number of hydrogen-bond acceptors (Lipinski definition) is 3. The number of rotatable bonds is 2. The molecule has 0 spiro atoms. The van der Waals surface area contributed by atoms with Crippen molar-refractivity contribution in [3.63, 3.8) is 0 Å². The second kappa shape index (κ2) is 5.24. The van der Waals surface area contributed by atoms with E-state index < -0.39 is 0 Å². The Kier molecular flexibility index (Phi) is 3.00. The van der Waals surface area contributed by atoms with E-state index in [0.29, 0.717) is 0 Å². The van der Waals surface area contributed by atoms with Crippen LogP contribution in [0.25, 0.3) is 33.4 Å². The topological polar surface area (TPSA) is 59.4 Å². The fourth-order valence-electron chi connectivity index (χ4n) is 3.69. The molecule has 1 aromatic carbocycles. The predicted molar refractivity (Wildman–Crippen MR) is 93.6 cm³/mol. The van der Waals surface area contributed by atoms with E-state index in [1.54, 1.807) is 12.1 Å². The van der Waals surface area contributed by atoms with Gasteiger partial charge in [0, 0.05) is 40.0 Å². The fraction of sp³-hybridized carbons (Fsp3) is 0.211. The SMILES string of the molecule is Cc1cc(-c2c(-c3ccc(F)cc3)nn3c2CCC3)c2cn[nH]c2n1. The molecule has 124 valence electrons. The highest BCUT2D eigenvalue weighted by molar-refractivity contribution is 5.97. The van der Waals surface area contributed by atoms with E-state index >= 15 is 0 Å². The summed E-state index contributed by atoms with van der Waals surface area (Å²) in [4.78, 5) is 4.52. The van der Waals surface area contributed by atoms with Crippen molar-refractivity contribution in [2.45, 2.75) is 26.3 Å².